The predicted molar refractivity (Wildman–Crippen MR) is 119 cm³/mol. The SMILES string of the molecule is COc1ccccc1C=C1Oc2ccc(C(=O)NCc3cccc(C)c3)cc2NC1=O. The number of fused-ring (bicyclic) bond motifs is 1. The van der Waals surface area contributed by atoms with Gasteiger partial charge in [-0.1, -0.05) is 48.0 Å². The third-order valence-electron chi connectivity index (χ3n) is 4.89. The molecule has 0 atom stereocenters. The van der Waals surface area contributed by atoms with E-state index in [1.165, 1.54) is 0 Å². The number of aryl methyl sites for hydroxylation is 1. The number of carbonyl (C=O) groups excluding carboxylic acids is 2. The molecule has 1 aliphatic rings. The topological polar surface area (TPSA) is 76.7 Å². The lowest BCUT2D eigenvalue weighted by atomic mass is 10.1. The predicted octanol–water partition coefficient (Wildman–Crippen LogP) is 4.31. The normalized spacial score (nSPS) is 13.7. The molecule has 0 aliphatic carbocycles. The van der Waals surface area contributed by atoms with Crippen molar-refractivity contribution < 1.29 is 19.1 Å². The molecule has 1 heterocycles. The van der Waals surface area contributed by atoms with Crippen LogP contribution < -0.4 is 20.1 Å². The van der Waals surface area contributed by atoms with Crippen molar-refractivity contribution in [2.75, 3.05) is 12.4 Å². The smallest absolute Gasteiger partial charge is 0.291 e. The highest BCUT2D eigenvalue weighted by Gasteiger charge is 2.23. The van der Waals surface area contributed by atoms with Gasteiger partial charge in [-0.05, 0) is 42.8 Å². The first kappa shape index (κ1) is 20.2. The number of nitrogens with one attached hydrogen (secondary N) is 2. The maximum absolute atomic E-state index is 12.6. The molecular formula is C25H22N2O4. The van der Waals surface area contributed by atoms with E-state index in [2.05, 4.69) is 10.6 Å². The molecule has 0 radical (unpaired) electrons. The molecule has 0 saturated heterocycles. The summed E-state index contributed by atoms with van der Waals surface area (Å²) in [4.78, 5) is 25.1. The van der Waals surface area contributed by atoms with Gasteiger partial charge in [0.2, 0.25) is 0 Å². The summed E-state index contributed by atoms with van der Waals surface area (Å²) in [7, 11) is 1.57. The van der Waals surface area contributed by atoms with Gasteiger partial charge in [-0.2, -0.15) is 0 Å². The van der Waals surface area contributed by atoms with E-state index in [4.69, 9.17) is 9.47 Å². The first-order chi connectivity index (χ1) is 15.0. The number of rotatable bonds is 5. The molecule has 0 bridgehead atoms. The molecule has 0 aromatic heterocycles. The first-order valence-corrected chi connectivity index (χ1v) is 9.85. The molecule has 6 nitrogen and oxygen atoms in total. The van der Waals surface area contributed by atoms with Crippen LogP contribution in [0.25, 0.3) is 6.08 Å². The van der Waals surface area contributed by atoms with Gasteiger partial charge >= 0.3 is 0 Å². The fraction of sp³-hybridized carbons (Fsp3) is 0.120. The third kappa shape index (κ3) is 4.59. The number of hydrogen-bond donors (Lipinski definition) is 2. The Morgan fingerprint density at radius 2 is 1.94 bits per heavy atom. The van der Waals surface area contributed by atoms with Crippen LogP contribution in [0.15, 0.2) is 72.5 Å². The fourth-order valence-electron chi connectivity index (χ4n) is 3.34. The van der Waals surface area contributed by atoms with Gasteiger partial charge in [-0.25, -0.2) is 0 Å². The number of carbonyl (C=O) groups is 2. The molecule has 31 heavy (non-hydrogen) atoms. The largest absolute Gasteiger partial charge is 0.496 e. The summed E-state index contributed by atoms with van der Waals surface area (Å²) in [6.07, 6.45) is 1.62. The maximum Gasteiger partial charge on any atom is 0.291 e. The number of ether oxygens (including phenoxy) is 2. The van der Waals surface area contributed by atoms with Crippen LogP contribution in [0.1, 0.15) is 27.0 Å². The van der Waals surface area contributed by atoms with Gasteiger partial charge in [-0.3, -0.25) is 9.59 Å². The van der Waals surface area contributed by atoms with Gasteiger partial charge in [0.15, 0.2) is 11.5 Å². The molecule has 1 aliphatic heterocycles. The molecule has 156 valence electrons. The molecule has 3 aromatic rings. The minimum Gasteiger partial charge on any atom is -0.496 e. The second-order valence-electron chi connectivity index (χ2n) is 7.19. The van der Waals surface area contributed by atoms with Crippen LogP contribution in [-0.4, -0.2) is 18.9 Å². The number of amides is 2. The monoisotopic (exact) mass is 414 g/mol. The van der Waals surface area contributed by atoms with Crippen LogP contribution in [0.2, 0.25) is 0 Å². The lowest BCUT2D eigenvalue weighted by molar-refractivity contribution is -0.115. The highest BCUT2D eigenvalue weighted by atomic mass is 16.5. The second-order valence-corrected chi connectivity index (χ2v) is 7.19. The van der Waals surface area contributed by atoms with Gasteiger partial charge in [0.1, 0.15) is 5.75 Å². The van der Waals surface area contributed by atoms with E-state index in [9.17, 15) is 9.59 Å². The Hall–Kier alpha value is -4.06. The fourth-order valence-corrected chi connectivity index (χ4v) is 3.34. The van der Waals surface area contributed by atoms with Crippen LogP contribution in [0.3, 0.4) is 0 Å². The molecule has 0 fully saturated rings. The molecule has 6 heteroatoms. The van der Waals surface area contributed by atoms with E-state index in [0.717, 1.165) is 16.7 Å². The number of methoxy groups -OCH3 is 1. The Balaban J connectivity index is 1.50. The van der Waals surface area contributed by atoms with Crippen molar-refractivity contribution in [3.63, 3.8) is 0 Å². The number of hydrogen-bond acceptors (Lipinski definition) is 4. The van der Waals surface area contributed by atoms with Gasteiger partial charge < -0.3 is 20.1 Å². The van der Waals surface area contributed by atoms with E-state index >= 15 is 0 Å². The molecule has 2 amide bonds. The van der Waals surface area contributed by atoms with Crippen molar-refractivity contribution in [2.24, 2.45) is 0 Å². The average molecular weight is 414 g/mol. The number of para-hydroxylation sites is 1. The zero-order valence-electron chi connectivity index (χ0n) is 17.3. The van der Waals surface area contributed by atoms with Gasteiger partial charge in [0.05, 0.1) is 12.8 Å². The van der Waals surface area contributed by atoms with Crippen molar-refractivity contribution in [3.8, 4) is 11.5 Å². The second kappa shape index (κ2) is 8.75. The van der Waals surface area contributed by atoms with Crippen LogP contribution in [0, 0.1) is 6.92 Å². The van der Waals surface area contributed by atoms with Gasteiger partial charge in [-0.15, -0.1) is 0 Å². The zero-order chi connectivity index (χ0) is 21.8. The molecule has 3 aromatic carbocycles. The van der Waals surface area contributed by atoms with Gasteiger partial charge in [0, 0.05) is 17.7 Å². The Kier molecular flexibility index (Phi) is 5.71. The number of anilines is 1. The van der Waals surface area contributed by atoms with Crippen LogP contribution >= 0.6 is 0 Å². The van der Waals surface area contributed by atoms with E-state index < -0.39 is 5.91 Å². The summed E-state index contributed by atoms with van der Waals surface area (Å²) in [5, 5.41) is 5.69. The van der Waals surface area contributed by atoms with Crippen molar-refractivity contribution in [3.05, 3.63) is 94.7 Å². The van der Waals surface area contributed by atoms with Crippen molar-refractivity contribution >= 4 is 23.6 Å². The lowest BCUT2D eigenvalue weighted by Gasteiger charge is -2.21. The summed E-state index contributed by atoms with van der Waals surface area (Å²) >= 11 is 0. The third-order valence-corrected chi connectivity index (χ3v) is 4.89. The van der Waals surface area contributed by atoms with E-state index in [1.807, 2.05) is 55.5 Å². The van der Waals surface area contributed by atoms with Crippen LogP contribution in [-0.2, 0) is 11.3 Å². The lowest BCUT2D eigenvalue weighted by Crippen LogP contribution is -2.25. The van der Waals surface area contributed by atoms with Crippen molar-refractivity contribution in [1.29, 1.82) is 0 Å². The Bertz CT molecular complexity index is 1180. The molecule has 4 rings (SSSR count). The van der Waals surface area contributed by atoms with Crippen molar-refractivity contribution in [1.82, 2.24) is 5.32 Å². The minimum atomic E-state index is -0.393. The van der Waals surface area contributed by atoms with Gasteiger partial charge in [0.25, 0.3) is 11.8 Å². The summed E-state index contributed by atoms with van der Waals surface area (Å²) in [5.74, 6) is 0.632. The summed E-state index contributed by atoms with van der Waals surface area (Å²) in [5.41, 5.74) is 3.77. The Morgan fingerprint density at radius 3 is 2.74 bits per heavy atom. The molecular weight excluding hydrogens is 392 g/mol. The molecule has 2 N–H and O–H groups in total. The Labute approximate surface area is 180 Å². The van der Waals surface area contributed by atoms with E-state index in [1.54, 1.807) is 31.4 Å². The summed E-state index contributed by atoms with van der Waals surface area (Å²) in [6, 6.07) is 20.2. The number of benzene rings is 3. The molecule has 0 spiro atoms. The maximum atomic E-state index is 12.6. The first-order valence-electron chi connectivity index (χ1n) is 9.85. The zero-order valence-corrected chi connectivity index (χ0v) is 17.3. The highest BCUT2D eigenvalue weighted by Crippen LogP contribution is 2.33. The van der Waals surface area contributed by atoms with Crippen LogP contribution in [0.5, 0.6) is 11.5 Å². The van der Waals surface area contributed by atoms with E-state index in [0.29, 0.717) is 29.3 Å². The molecule has 0 unspecified atom stereocenters. The van der Waals surface area contributed by atoms with Crippen molar-refractivity contribution in [2.45, 2.75) is 13.5 Å². The van der Waals surface area contributed by atoms with Crippen LogP contribution in [0.4, 0.5) is 5.69 Å². The summed E-state index contributed by atoms with van der Waals surface area (Å²) < 4.78 is 11.1. The quantitative estimate of drug-likeness (QED) is 0.610. The minimum absolute atomic E-state index is 0.147. The Morgan fingerprint density at radius 1 is 1.10 bits per heavy atom. The molecule has 0 saturated carbocycles. The summed E-state index contributed by atoms with van der Waals surface area (Å²) in [6.45, 7) is 2.43. The standard InChI is InChI=1S/C25H22N2O4/c1-16-6-5-7-17(12-16)15-26-24(28)19-10-11-22-20(13-19)27-25(29)23(31-22)14-18-8-3-4-9-21(18)30-2/h3-14H,15H2,1-2H3,(H,26,28)(H,27,29). The average Bonchev–Trinajstić information content (AvgIpc) is 2.78. The van der Waals surface area contributed by atoms with E-state index in [-0.39, 0.29) is 11.7 Å². The highest BCUT2D eigenvalue weighted by molar-refractivity contribution is 6.09.